The Balaban J connectivity index is 2.15. The Morgan fingerprint density at radius 2 is 2.18 bits per heavy atom. The van der Waals surface area contributed by atoms with E-state index in [2.05, 4.69) is 10.2 Å². The molecule has 0 bridgehead atoms. The maximum absolute atomic E-state index is 13.6. The third kappa shape index (κ3) is 1.72. The number of hydrogen-bond acceptors (Lipinski definition) is 2. The average molecular weight is 236 g/mol. The van der Waals surface area contributed by atoms with Crippen LogP contribution in [0.4, 0.5) is 8.78 Å². The molecule has 17 heavy (non-hydrogen) atoms. The van der Waals surface area contributed by atoms with E-state index in [1.807, 2.05) is 0 Å². The molecule has 3 nitrogen and oxygen atoms in total. The van der Waals surface area contributed by atoms with Crippen molar-refractivity contribution in [3.8, 4) is 11.3 Å². The Labute approximate surface area is 96.4 Å². The summed E-state index contributed by atoms with van der Waals surface area (Å²) in [7, 11) is 0. The first kappa shape index (κ1) is 10.4. The molecule has 88 valence electrons. The SMILES string of the molecule is Fc1ccc(F)c(-c2n[nH]c3c2COCC3)c1. The highest BCUT2D eigenvalue weighted by Crippen LogP contribution is 2.29. The first-order valence-electron chi connectivity index (χ1n) is 5.35. The number of aromatic nitrogens is 2. The molecule has 0 unspecified atom stereocenters. The first-order valence-corrected chi connectivity index (χ1v) is 5.35. The van der Waals surface area contributed by atoms with E-state index in [0.29, 0.717) is 18.9 Å². The maximum Gasteiger partial charge on any atom is 0.132 e. The second-order valence-electron chi connectivity index (χ2n) is 3.96. The molecule has 2 aromatic rings. The zero-order valence-corrected chi connectivity index (χ0v) is 8.96. The van der Waals surface area contributed by atoms with Gasteiger partial charge in [0, 0.05) is 23.2 Å². The van der Waals surface area contributed by atoms with Crippen molar-refractivity contribution in [2.24, 2.45) is 0 Å². The molecule has 5 heteroatoms. The summed E-state index contributed by atoms with van der Waals surface area (Å²) in [6, 6.07) is 3.35. The number of H-pyrrole nitrogens is 1. The van der Waals surface area contributed by atoms with E-state index in [4.69, 9.17) is 4.74 Å². The van der Waals surface area contributed by atoms with Gasteiger partial charge >= 0.3 is 0 Å². The van der Waals surface area contributed by atoms with E-state index in [-0.39, 0.29) is 5.56 Å². The van der Waals surface area contributed by atoms with Gasteiger partial charge in [0.05, 0.1) is 13.2 Å². The quantitative estimate of drug-likeness (QED) is 0.825. The van der Waals surface area contributed by atoms with Gasteiger partial charge in [0.15, 0.2) is 0 Å². The van der Waals surface area contributed by atoms with Crippen molar-refractivity contribution in [2.45, 2.75) is 13.0 Å². The number of nitrogens with one attached hydrogen (secondary N) is 1. The molecular formula is C12H10F2N2O. The lowest BCUT2D eigenvalue weighted by Crippen LogP contribution is -2.09. The minimum Gasteiger partial charge on any atom is -0.376 e. The second kappa shape index (κ2) is 3.92. The molecule has 3 rings (SSSR count). The van der Waals surface area contributed by atoms with E-state index in [9.17, 15) is 8.78 Å². The first-order chi connectivity index (χ1) is 8.25. The lowest BCUT2D eigenvalue weighted by molar-refractivity contribution is 0.110. The number of nitrogens with zero attached hydrogens (tertiary/aromatic N) is 1. The van der Waals surface area contributed by atoms with Crippen LogP contribution in [0.2, 0.25) is 0 Å². The fourth-order valence-corrected chi connectivity index (χ4v) is 2.01. The van der Waals surface area contributed by atoms with Crippen LogP contribution in [0.3, 0.4) is 0 Å². The Morgan fingerprint density at radius 3 is 3.06 bits per heavy atom. The predicted molar refractivity (Wildman–Crippen MR) is 57.3 cm³/mol. The lowest BCUT2D eigenvalue weighted by Gasteiger charge is -2.12. The molecule has 0 atom stereocenters. The Bertz CT molecular complexity index is 566. The van der Waals surface area contributed by atoms with Gasteiger partial charge in [-0.2, -0.15) is 5.10 Å². The molecule has 0 saturated carbocycles. The summed E-state index contributed by atoms with van der Waals surface area (Å²) < 4.78 is 32.1. The van der Waals surface area contributed by atoms with E-state index < -0.39 is 11.6 Å². The summed E-state index contributed by atoms with van der Waals surface area (Å²) in [5, 5.41) is 6.91. The largest absolute Gasteiger partial charge is 0.376 e. The van der Waals surface area contributed by atoms with E-state index in [1.54, 1.807) is 0 Å². The van der Waals surface area contributed by atoms with Crippen LogP contribution in [0.5, 0.6) is 0 Å². The van der Waals surface area contributed by atoms with Gasteiger partial charge in [0.2, 0.25) is 0 Å². The van der Waals surface area contributed by atoms with Crippen LogP contribution < -0.4 is 0 Å². The summed E-state index contributed by atoms with van der Waals surface area (Å²) in [5.74, 6) is -0.957. The summed E-state index contributed by atoms with van der Waals surface area (Å²) in [5.41, 5.74) is 2.38. The van der Waals surface area contributed by atoms with Crippen molar-refractivity contribution in [1.29, 1.82) is 0 Å². The standard InChI is InChI=1S/C12H10F2N2O/c13-7-1-2-10(14)8(5-7)12-9-6-17-4-3-11(9)15-16-12/h1-2,5H,3-4,6H2,(H,15,16). The van der Waals surface area contributed by atoms with Crippen molar-refractivity contribution in [3.63, 3.8) is 0 Å². The van der Waals surface area contributed by atoms with Crippen molar-refractivity contribution in [2.75, 3.05) is 6.61 Å². The number of hydrogen-bond donors (Lipinski definition) is 1. The van der Waals surface area contributed by atoms with Crippen molar-refractivity contribution < 1.29 is 13.5 Å². The fraction of sp³-hybridized carbons (Fsp3) is 0.250. The molecule has 0 amide bonds. The number of fused-ring (bicyclic) bond motifs is 1. The lowest BCUT2D eigenvalue weighted by atomic mass is 10.0. The van der Waals surface area contributed by atoms with Gasteiger partial charge in [-0.1, -0.05) is 0 Å². The zero-order chi connectivity index (χ0) is 11.8. The molecule has 0 saturated heterocycles. The Kier molecular flexibility index (Phi) is 2.40. The molecule has 1 N–H and O–H groups in total. The number of ether oxygens (including phenoxy) is 1. The van der Waals surface area contributed by atoms with Gasteiger partial charge in [0.25, 0.3) is 0 Å². The molecule has 1 aliphatic rings. The third-order valence-electron chi connectivity index (χ3n) is 2.88. The molecule has 1 aromatic carbocycles. The predicted octanol–water partition coefficient (Wildman–Crippen LogP) is 2.43. The van der Waals surface area contributed by atoms with Crippen LogP contribution in [-0.2, 0) is 17.8 Å². The smallest absolute Gasteiger partial charge is 0.132 e. The topological polar surface area (TPSA) is 37.9 Å². The maximum atomic E-state index is 13.6. The highest BCUT2D eigenvalue weighted by atomic mass is 19.1. The summed E-state index contributed by atoms with van der Waals surface area (Å²) >= 11 is 0. The van der Waals surface area contributed by atoms with Crippen LogP contribution >= 0.6 is 0 Å². The van der Waals surface area contributed by atoms with Gasteiger partial charge in [0.1, 0.15) is 17.3 Å². The normalized spacial score (nSPS) is 14.7. The minimum absolute atomic E-state index is 0.174. The number of aromatic amines is 1. The van der Waals surface area contributed by atoms with Crippen molar-refractivity contribution in [1.82, 2.24) is 10.2 Å². The number of benzene rings is 1. The van der Waals surface area contributed by atoms with Gasteiger partial charge in [-0.3, -0.25) is 5.10 Å². The van der Waals surface area contributed by atoms with Gasteiger partial charge < -0.3 is 4.74 Å². The van der Waals surface area contributed by atoms with E-state index in [0.717, 1.165) is 35.9 Å². The molecule has 1 aliphatic heterocycles. The summed E-state index contributed by atoms with van der Waals surface area (Å²) in [4.78, 5) is 0. The summed E-state index contributed by atoms with van der Waals surface area (Å²) in [6.45, 7) is 1.01. The van der Waals surface area contributed by atoms with Crippen molar-refractivity contribution in [3.05, 3.63) is 41.1 Å². The molecule has 0 radical (unpaired) electrons. The van der Waals surface area contributed by atoms with Gasteiger partial charge in [-0.15, -0.1) is 0 Å². The van der Waals surface area contributed by atoms with Crippen LogP contribution in [0.1, 0.15) is 11.3 Å². The van der Waals surface area contributed by atoms with Gasteiger partial charge in [-0.25, -0.2) is 8.78 Å². The summed E-state index contributed by atoms with van der Waals surface area (Å²) in [6.07, 6.45) is 0.721. The fourth-order valence-electron chi connectivity index (χ4n) is 2.01. The Hall–Kier alpha value is -1.75. The Morgan fingerprint density at radius 1 is 1.29 bits per heavy atom. The van der Waals surface area contributed by atoms with Gasteiger partial charge in [-0.05, 0) is 18.2 Å². The van der Waals surface area contributed by atoms with E-state index >= 15 is 0 Å². The molecular weight excluding hydrogens is 226 g/mol. The number of halogens is 2. The molecule has 0 fully saturated rings. The minimum atomic E-state index is -0.480. The van der Waals surface area contributed by atoms with Crippen molar-refractivity contribution >= 4 is 0 Å². The average Bonchev–Trinajstić information content (AvgIpc) is 2.76. The zero-order valence-electron chi connectivity index (χ0n) is 8.96. The monoisotopic (exact) mass is 236 g/mol. The molecule has 0 spiro atoms. The van der Waals surface area contributed by atoms with Crippen LogP contribution in [0.25, 0.3) is 11.3 Å². The second-order valence-corrected chi connectivity index (χ2v) is 3.96. The number of rotatable bonds is 1. The van der Waals surface area contributed by atoms with E-state index in [1.165, 1.54) is 0 Å². The molecule has 0 aliphatic carbocycles. The molecule has 2 heterocycles. The highest BCUT2D eigenvalue weighted by Gasteiger charge is 2.20. The van der Waals surface area contributed by atoms with Crippen LogP contribution in [0, 0.1) is 11.6 Å². The highest BCUT2D eigenvalue weighted by molar-refractivity contribution is 5.64. The molecule has 1 aromatic heterocycles. The van der Waals surface area contributed by atoms with Crippen LogP contribution in [-0.4, -0.2) is 16.8 Å². The van der Waals surface area contributed by atoms with Crippen LogP contribution in [0.15, 0.2) is 18.2 Å². The third-order valence-corrected chi connectivity index (χ3v) is 2.88.